The lowest BCUT2D eigenvalue weighted by atomic mass is 10.2. The summed E-state index contributed by atoms with van der Waals surface area (Å²) in [6.07, 6.45) is 0. The van der Waals surface area contributed by atoms with E-state index in [1.807, 2.05) is 6.92 Å². The number of nitrogens with zero attached hydrogens (tertiary/aromatic N) is 2. The van der Waals surface area contributed by atoms with Crippen LogP contribution >= 0.6 is 11.6 Å². The first-order valence-electron chi connectivity index (χ1n) is 4.53. The molecule has 0 spiro atoms. The van der Waals surface area contributed by atoms with Gasteiger partial charge in [-0.15, -0.1) is 0 Å². The molecule has 2 rings (SSSR count). The van der Waals surface area contributed by atoms with Gasteiger partial charge in [0.15, 0.2) is 5.69 Å². The maximum atomic E-state index is 11.0. The Morgan fingerprint density at radius 3 is 2.93 bits per heavy atom. The number of aromatic carboxylic acids is 1. The molecule has 0 amide bonds. The third-order valence-electron chi connectivity index (χ3n) is 2.20. The van der Waals surface area contributed by atoms with E-state index < -0.39 is 5.97 Å². The van der Waals surface area contributed by atoms with Gasteiger partial charge in [0.2, 0.25) is 0 Å². The molecule has 0 radical (unpaired) electrons. The van der Waals surface area contributed by atoms with E-state index in [1.165, 1.54) is 4.68 Å². The first-order chi connectivity index (χ1) is 7.13. The summed E-state index contributed by atoms with van der Waals surface area (Å²) in [7, 11) is 0. The lowest BCUT2D eigenvalue weighted by Crippen LogP contribution is -2.08. The average Bonchev–Trinajstić information content (AvgIpc) is 2.54. The number of aromatic nitrogens is 2. The number of aryl methyl sites for hydroxylation is 1. The quantitative estimate of drug-likeness (QED) is 0.852. The molecule has 4 nitrogen and oxygen atoms in total. The third kappa shape index (κ3) is 1.57. The van der Waals surface area contributed by atoms with Gasteiger partial charge in [-0.2, -0.15) is 5.10 Å². The van der Waals surface area contributed by atoms with E-state index in [0.717, 1.165) is 0 Å². The Balaban J connectivity index is 2.80. The van der Waals surface area contributed by atoms with Crippen LogP contribution in [0.2, 0.25) is 5.02 Å². The van der Waals surface area contributed by atoms with Crippen LogP contribution in [-0.4, -0.2) is 20.9 Å². The van der Waals surface area contributed by atoms with Crippen LogP contribution in [0.3, 0.4) is 0 Å². The predicted molar refractivity (Wildman–Crippen MR) is 57.4 cm³/mol. The van der Waals surface area contributed by atoms with Crippen molar-refractivity contribution in [2.45, 2.75) is 13.5 Å². The van der Waals surface area contributed by atoms with E-state index in [1.54, 1.807) is 18.2 Å². The topological polar surface area (TPSA) is 55.1 Å². The first-order valence-corrected chi connectivity index (χ1v) is 4.90. The Hall–Kier alpha value is -1.55. The Labute approximate surface area is 91.1 Å². The molecule has 0 unspecified atom stereocenters. The number of benzene rings is 1. The van der Waals surface area contributed by atoms with Crippen molar-refractivity contribution in [2.75, 3.05) is 0 Å². The van der Waals surface area contributed by atoms with Crippen molar-refractivity contribution in [3.8, 4) is 0 Å². The molecule has 5 heteroatoms. The molecule has 0 saturated heterocycles. The molecule has 1 aromatic heterocycles. The summed E-state index contributed by atoms with van der Waals surface area (Å²) in [5, 5.41) is 14.4. The van der Waals surface area contributed by atoms with Crippen molar-refractivity contribution in [1.82, 2.24) is 9.78 Å². The van der Waals surface area contributed by atoms with E-state index >= 15 is 0 Å². The fraction of sp³-hybridized carbons (Fsp3) is 0.200. The van der Waals surface area contributed by atoms with E-state index in [-0.39, 0.29) is 5.69 Å². The highest BCUT2D eigenvalue weighted by atomic mass is 35.5. The number of carbonyl (C=O) groups is 1. The zero-order valence-electron chi connectivity index (χ0n) is 8.07. The van der Waals surface area contributed by atoms with Gasteiger partial charge in [-0.3, -0.25) is 4.68 Å². The predicted octanol–water partition coefficient (Wildman–Crippen LogP) is 2.41. The molecule has 2 aromatic rings. The molecule has 1 N–H and O–H groups in total. The number of carboxylic acid groups (broad SMARTS) is 1. The maximum Gasteiger partial charge on any atom is 0.354 e. The van der Waals surface area contributed by atoms with Gasteiger partial charge in [0.25, 0.3) is 0 Å². The van der Waals surface area contributed by atoms with Crippen molar-refractivity contribution < 1.29 is 9.90 Å². The maximum absolute atomic E-state index is 11.0. The molecule has 0 aliphatic heterocycles. The Morgan fingerprint density at radius 1 is 1.60 bits per heavy atom. The van der Waals surface area contributed by atoms with Crippen molar-refractivity contribution in [3.05, 3.63) is 28.9 Å². The summed E-state index contributed by atoms with van der Waals surface area (Å²) in [6.45, 7) is 2.37. The highest BCUT2D eigenvalue weighted by Crippen LogP contribution is 2.22. The Morgan fingerprint density at radius 2 is 2.33 bits per heavy atom. The van der Waals surface area contributed by atoms with Crippen LogP contribution in [0.25, 0.3) is 10.9 Å². The molecule has 0 aliphatic rings. The number of rotatable bonds is 2. The van der Waals surface area contributed by atoms with Crippen LogP contribution in [-0.2, 0) is 6.54 Å². The van der Waals surface area contributed by atoms with Crippen molar-refractivity contribution >= 4 is 28.5 Å². The fourth-order valence-electron chi connectivity index (χ4n) is 1.56. The van der Waals surface area contributed by atoms with Gasteiger partial charge in [0, 0.05) is 17.0 Å². The van der Waals surface area contributed by atoms with Crippen molar-refractivity contribution in [1.29, 1.82) is 0 Å². The number of fused-ring (bicyclic) bond motifs is 1. The lowest BCUT2D eigenvalue weighted by Gasteiger charge is -1.98. The molecule has 0 saturated carbocycles. The first kappa shape index (κ1) is 9.98. The van der Waals surface area contributed by atoms with Crippen LogP contribution in [0.15, 0.2) is 18.2 Å². The van der Waals surface area contributed by atoms with Crippen molar-refractivity contribution in [3.63, 3.8) is 0 Å². The van der Waals surface area contributed by atoms with E-state index in [4.69, 9.17) is 16.7 Å². The molecule has 0 aliphatic carbocycles. The minimum absolute atomic E-state index is 0.212. The van der Waals surface area contributed by atoms with Gasteiger partial charge < -0.3 is 5.11 Å². The normalized spacial score (nSPS) is 10.8. The molecular formula is C10H9ClN2O2. The molecule has 15 heavy (non-hydrogen) atoms. The van der Waals surface area contributed by atoms with Crippen molar-refractivity contribution in [2.24, 2.45) is 0 Å². The van der Waals surface area contributed by atoms with Crippen LogP contribution in [0.4, 0.5) is 0 Å². The van der Waals surface area contributed by atoms with E-state index in [9.17, 15) is 4.79 Å². The van der Waals surface area contributed by atoms with E-state index in [2.05, 4.69) is 5.10 Å². The molecular weight excluding hydrogens is 216 g/mol. The second-order valence-corrected chi connectivity index (χ2v) is 3.57. The number of halogens is 1. The molecule has 1 heterocycles. The second kappa shape index (κ2) is 3.55. The number of hydrogen-bond acceptors (Lipinski definition) is 2. The summed E-state index contributed by atoms with van der Waals surface area (Å²) in [4.78, 5) is 11.0. The van der Waals surface area contributed by atoms with Gasteiger partial charge in [-0.1, -0.05) is 11.6 Å². The third-order valence-corrected chi connectivity index (χ3v) is 2.44. The van der Waals surface area contributed by atoms with E-state index in [0.29, 0.717) is 22.5 Å². The highest BCUT2D eigenvalue weighted by molar-refractivity contribution is 6.31. The Bertz CT molecular complexity index is 533. The minimum Gasteiger partial charge on any atom is -0.477 e. The number of hydrogen-bond donors (Lipinski definition) is 1. The zero-order chi connectivity index (χ0) is 11.0. The zero-order valence-corrected chi connectivity index (χ0v) is 8.82. The Kier molecular flexibility index (Phi) is 2.36. The van der Waals surface area contributed by atoms with Crippen LogP contribution in [0, 0.1) is 0 Å². The molecule has 0 atom stereocenters. The van der Waals surface area contributed by atoms with Gasteiger partial charge >= 0.3 is 5.97 Å². The fourth-order valence-corrected chi connectivity index (χ4v) is 1.73. The van der Waals surface area contributed by atoms with Crippen LogP contribution < -0.4 is 0 Å². The minimum atomic E-state index is -0.971. The largest absolute Gasteiger partial charge is 0.477 e. The molecule has 78 valence electrons. The van der Waals surface area contributed by atoms with Gasteiger partial charge in [-0.05, 0) is 25.1 Å². The smallest absolute Gasteiger partial charge is 0.354 e. The van der Waals surface area contributed by atoms with Crippen LogP contribution in [0.1, 0.15) is 17.4 Å². The summed E-state index contributed by atoms with van der Waals surface area (Å²) in [6, 6.07) is 5.01. The lowest BCUT2D eigenvalue weighted by molar-refractivity contribution is 0.0685. The second-order valence-electron chi connectivity index (χ2n) is 3.13. The van der Waals surface area contributed by atoms with Gasteiger partial charge in [-0.25, -0.2) is 4.79 Å². The standard InChI is InChI=1S/C10H9ClN2O2/c1-2-13-9(10(14)15)7-4-3-6(11)5-8(7)12-13/h3-5H,2H2,1H3,(H,14,15). The summed E-state index contributed by atoms with van der Waals surface area (Å²) < 4.78 is 1.46. The number of carboxylic acids is 1. The highest BCUT2D eigenvalue weighted by Gasteiger charge is 2.16. The summed E-state index contributed by atoms with van der Waals surface area (Å²) in [5.41, 5.74) is 0.825. The average molecular weight is 225 g/mol. The van der Waals surface area contributed by atoms with Gasteiger partial charge in [0.1, 0.15) is 0 Å². The van der Waals surface area contributed by atoms with Crippen LogP contribution in [0.5, 0.6) is 0 Å². The molecule has 1 aromatic carbocycles. The monoisotopic (exact) mass is 224 g/mol. The SMILES string of the molecule is CCn1nc2cc(Cl)ccc2c1C(=O)O. The van der Waals surface area contributed by atoms with Gasteiger partial charge in [0.05, 0.1) is 5.52 Å². The molecule has 0 fully saturated rings. The molecule has 0 bridgehead atoms. The summed E-state index contributed by atoms with van der Waals surface area (Å²) >= 11 is 5.81. The summed E-state index contributed by atoms with van der Waals surface area (Å²) in [5.74, 6) is -0.971.